The Balaban J connectivity index is 1.80. The lowest BCUT2D eigenvalue weighted by atomic mass is 10.1. The number of piperidine rings is 1. The molecule has 2 rings (SSSR count). The first-order valence-electron chi connectivity index (χ1n) is 10.6. The van der Waals surface area contributed by atoms with Gasteiger partial charge in [0.1, 0.15) is 5.75 Å². The molecule has 0 unspecified atom stereocenters. The molecule has 0 spiro atoms. The summed E-state index contributed by atoms with van der Waals surface area (Å²) in [6.07, 6.45) is 4.33. The predicted octanol–water partition coefficient (Wildman–Crippen LogP) is 3.11. The summed E-state index contributed by atoms with van der Waals surface area (Å²) in [5, 5.41) is 3.44. The van der Waals surface area contributed by atoms with Gasteiger partial charge in [-0.25, -0.2) is 0 Å². The molecule has 6 heteroatoms. The first-order chi connectivity index (χ1) is 13.8. The Labute approximate surface area is 170 Å². The first-order valence-corrected chi connectivity index (χ1v) is 10.6. The van der Waals surface area contributed by atoms with E-state index in [1.165, 1.54) is 5.56 Å². The zero-order valence-corrected chi connectivity index (χ0v) is 17.8. The molecule has 1 aliphatic heterocycles. The lowest BCUT2D eigenvalue weighted by Gasteiger charge is -2.34. The third-order valence-corrected chi connectivity index (χ3v) is 4.79. The second kappa shape index (κ2) is 13.4. The summed E-state index contributed by atoms with van der Waals surface area (Å²) < 4.78 is 16.6. The Hall–Kier alpha value is -1.79. The molecule has 0 saturated carbocycles. The van der Waals surface area contributed by atoms with Crippen molar-refractivity contribution in [2.75, 3.05) is 53.1 Å². The van der Waals surface area contributed by atoms with Crippen LogP contribution in [0.1, 0.15) is 38.7 Å². The SMILES string of the molecule is CCNC(=NCCc1cccc(OCC)c1)N1CCC(OCCCOC)CC1. The lowest BCUT2D eigenvalue weighted by molar-refractivity contribution is 0.00991. The highest BCUT2D eigenvalue weighted by atomic mass is 16.5. The Morgan fingerprint density at radius 3 is 2.75 bits per heavy atom. The molecular weight excluding hydrogens is 354 g/mol. The van der Waals surface area contributed by atoms with Crippen LogP contribution in [-0.4, -0.2) is 70.1 Å². The molecule has 1 N–H and O–H groups in total. The molecule has 1 saturated heterocycles. The van der Waals surface area contributed by atoms with E-state index in [4.69, 9.17) is 19.2 Å². The number of nitrogens with zero attached hydrogens (tertiary/aromatic N) is 2. The van der Waals surface area contributed by atoms with Crippen molar-refractivity contribution in [3.63, 3.8) is 0 Å². The summed E-state index contributed by atoms with van der Waals surface area (Å²) >= 11 is 0. The van der Waals surface area contributed by atoms with Gasteiger partial charge < -0.3 is 24.4 Å². The van der Waals surface area contributed by atoms with Crippen LogP contribution in [0, 0.1) is 0 Å². The molecule has 0 amide bonds. The monoisotopic (exact) mass is 391 g/mol. The highest BCUT2D eigenvalue weighted by molar-refractivity contribution is 5.80. The molecule has 1 aromatic carbocycles. The number of nitrogens with one attached hydrogen (secondary N) is 1. The van der Waals surface area contributed by atoms with E-state index in [2.05, 4.69) is 29.3 Å². The molecular formula is C22H37N3O3. The molecule has 1 aliphatic rings. The standard InChI is InChI=1S/C22H37N3O3/c1-4-23-22(24-13-10-19-8-6-9-21(18-19)27-5-2)25-14-11-20(12-15-25)28-17-7-16-26-3/h6,8-9,18,20H,4-5,7,10-17H2,1-3H3,(H,23,24). The van der Waals surface area contributed by atoms with Gasteiger partial charge in [0.25, 0.3) is 0 Å². The Morgan fingerprint density at radius 1 is 1.21 bits per heavy atom. The molecule has 158 valence electrons. The average Bonchev–Trinajstić information content (AvgIpc) is 2.72. The molecule has 1 fully saturated rings. The van der Waals surface area contributed by atoms with E-state index in [0.717, 1.165) is 76.8 Å². The number of likely N-dealkylation sites (tertiary alicyclic amines) is 1. The van der Waals surface area contributed by atoms with E-state index in [1.54, 1.807) is 7.11 Å². The predicted molar refractivity (Wildman–Crippen MR) is 114 cm³/mol. The normalized spacial score (nSPS) is 15.7. The largest absolute Gasteiger partial charge is 0.494 e. The zero-order chi connectivity index (χ0) is 20.0. The topological polar surface area (TPSA) is 55.3 Å². The zero-order valence-electron chi connectivity index (χ0n) is 17.8. The summed E-state index contributed by atoms with van der Waals surface area (Å²) in [5.74, 6) is 1.95. The first kappa shape index (κ1) is 22.5. The highest BCUT2D eigenvalue weighted by Gasteiger charge is 2.21. The molecule has 1 heterocycles. The lowest BCUT2D eigenvalue weighted by Crippen LogP contribution is -2.47. The van der Waals surface area contributed by atoms with Crippen molar-refractivity contribution in [3.05, 3.63) is 29.8 Å². The average molecular weight is 392 g/mol. The van der Waals surface area contributed by atoms with Crippen LogP contribution in [0.15, 0.2) is 29.3 Å². The molecule has 0 bridgehead atoms. The van der Waals surface area contributed by atoms with Gasteiger partial charge in [0, 0.05) is 46.5 Å². The molecule has 6 nitrogen and oxygen atoms in total. The van der Waals surface area contributed by atoms with Gasteiger partial charge in [-0.1, -0.05) is 12.1 Å². The van der Waals surface area contributed by atoms with Gasteiger partial charge >= 0.3 is 0 Å². The van der Waals surface area contributed by atoms with Crippen LogP contribution in [0.2, 0.25) is 0 Å². The van der Waals surface area contributed by atoms with E-state index in [-0.39, 0.29) is 0 Å². The molecule has 28 heavy (non-hydrogen) atoms. The van der Waals surface area contributed by atoms with Crippen molar-refractivity contribution in [2.24, 2.45) is 4.99 Å². The van der Waals surface area contributed by atoms with E-state index < -0.39 is 0 Å². The fourth-order valence-electron chi connectivity index (χ4n) is 3.36. The number of guanidine groups is 1. The van der Waals surface area contributed by atoms with Crippen LogP contribution >= 0.6 is 0 Å². The molecule has 0 atom stereocenters. The fourth-order valence-corrected chi connectivity index (χ4v) is 3.36. The van der Waals surface area contributed by atoms with E-state index in [0.29, 0.717) is 12.7 Å². The van der Waals surface area contributed by atoms with Crippen molar-refractivity contribution >= 4 is 5.96 Å². The van der Waals surface area contributed by atoms with Crippen LogP contribution in [0.4, 0.5) is 0 Å². The van der Waals surface area contributed by atoms with Gasteiger partial charge in [-0.2, -0.15) is 0 Å². The van der Waals surface area contributed by atoms with Gasteiger partial charge in [0.15, 0.2) is 5.96 Å². The van der Waals surface area contributed by atoms with E-state index >= 15 is 0 Å². The Kier molecular flexibility index (Phi) is 10.8. The Bertz CT molecular complexity index is 572. The summed E-state index contributed by atoms with van der Waals surface area (Å²) in [4.78, 5) is 7.21. The fraction of sp³-hybridized carbons (Fsp3) is 0.682. The van der Waals surface area contributed by atoms with Crippen molar-refractivity contribution in [1.29, 1.82) is 0 Å². The van der Waals surface area contributed by atoms with Crippen LogP contribution in [0.3, 0.4) is 0 Å². The third-order valence-electron chi connectivity index (χ3n) is 4.79. The summed E-state index contributed by atoms with van der Waals surface area (Å²) in [5.41, 5.74) is 1.26. The number of rotatable bonds is 11. The van der Waals surface area contributed by atoms with Gasteiger partial charge in [0.05, 0.1) is 12.7 Å². The number of ether oxygens (including phenoxy) is 3. The van der Waals surface area contributed by atoms with Crippen LogP contribution in [0.5, 0.6) is 5.75 Å². The highest BCUT2D eigenvalue weighted by Crippen LogP contribution is 2.15. The summed E-state index contributed by atoms with van der Waals surface area (Å²) in [6.45, 7) is 9.99. The van der Waals surface area contributed by atoms with Crippen LogP contribution in [0.25, 0.3) is 0 Å². The quantitative estimate of drug-likeness (QED) is 0.357. The van der Waals surface area contributed by atoms with Crippen molar-refractivity contribution in [2.45, 2.75) is 45.6 Å². The molecule has 0 aromatic heterocycles. The summed E-state index contributed by atoms with van der Waals surface area (Å²) in [7, 11) is 1.73. The second-order valence-electron chi connectivity index (χ2n) is 6.97. The van der Waals surface area contributed by atoms with E-state index in [9.17, 15) is 0 Å². The third kappa shape index (κ3) is 8.07. The van der Waals surface area contributed by atoms with Crippen LogP contribution in [-0.2, 0) is 15.9 Å². The Morgan fingerprint density at radius 2 is 2.04 bits per heavy atom. The maximum atomic E-state index is 5.96. The van der Waals surface area contributed by atoms with Gasteiger partial charge in [-0.15, -0.1) is 0 Å². The molecule has 0 radical (unpaired) electrons. The van der Waals surface area contributed by atoms with E-state index in [1.807, 2.05) is 19.1 Å². The second-order valence-corrected chi connectivity index (χ2v) is 6.97. The molecule has 1 aromatic rings. The summed E-state index contributed by atoms with van der Waals surface area (Å²) in [6, 6.07) is 8.30. The number of hydrogen-bond acceptors (Lipinski definition) is 4. The number of methoxy groups -OCH3 is 1. The molecule has 0 aliphatic carbocycles. The van der Waals surface area contributed by atoms with Crippen molar-refractivity contribution in [3.8, 4) is 5.75 Å². The van der Waals surface area contributed by atoms with Gasteiger partial charge in [-0.3, -0.25) is 4.99 Å². The minimum Gasteiger partial charge on any atom is -0.494 e. The smallest absolute Gasteiger partial charge is 0.193 e. The number of hydrogen-bond donors (Lipinski definition) is 1. The minimum atomic E-state index is 0.359. The maximum absolute atomic E-state index is 5.96. The maximum Gasteiger partial charge on any atom is 0.193 e. The van der Waals surface area contributed by atoms with Crippen molar-refractivity contribution < 1.29 is 14.2 Å². The van der Waals surface area contributed by atoms with Gasteiger partial charge in [-0.05, 0) is 57.2 Å². The number of benzene rings is 1. The van der Waals surface area contributed by atoms with Gasteiger partial charge in [0.2, 0.25) is 0 Å². The van der Waals surface area contributed by atoms with Crippen LogP contribution < -0.4 is 10.1 Å². The minimum absolute atomic E-state index is 0.359. The van der Waals surface area contributed by atoms with Crippen molar-refractivity contribution in [1.82, 2.24) is 10.2 Å². The number of aliphatic imine (C=N–C) groups is 1.